The number of sulfonamides is 1. The number of benzene rings is 2. The van der Waals surface area contributed by atoms with Crippen LogP contribution < -0.4 is 14.2 Å². The van der Waals surface area contributed by atoms with E-state index in [1.165, 1.54) is 29.2 Å². The van der Waals surface area contributed by atoms with Crippen LogP contribution in [0.2, 0.25) is 0 Å². The molecule has 2 aromatic carbocycles. The second kappa shape index (κ2) is 11.1. The lowest BCUT2D eigenvalue weighted by Crippen LogP contribution is -2.31. The van der Waals surface area contributed by atoms with E-state index in [2.05, 4.69) is 4.72 Å². The maximum absolute atomic E-state index is 12.6. The van der Waals surface area contributed by atoms with Crippen LogP contribution in [0.5, 0.6) is 11.5 Å². The third kappa shape index (κ3) is 6.56. The molecule has 170 valence electrons. The summed E-state index contributed by atoms with van der Waals surface area (Å²) >= 11 is 1.59. The number of likely N-dealkylation sites (N-methyl/N-ethyl adjacent to an activating group) is 1. The van der Waals surface area contributed by atoms with E-state index in [0.29, 0.717) is 37.4 Å². The number of ether oxygens (including phenoxy) is 2. The average Bonchev–Trinajstić information content (AvgIpc) is 3.32. The molecule has 3 aromatic rings. The van der Waals surface area contributed by atoms with Gasteiger partial charge in [0.15, 0.2) is 0 Å². The lowest BCUT2D eigenvalue weighted by atomic mass is 10.2. The smallest absolute Gasteiger partial charge is 0.253 e. The van der Waals surface area contributed by atoms with Gasteiger partial charge >= 0.3 is 0 Å². The minimum atomic E-state index is -3.63. The van der Waals surface area contributed by atoms with Gasteiger partial charge in [0, 0.05) is 24.0 Å². The fourth-order valence-corrected chi connectivity index (χ4v) is 4.66. The Hall–Kier alpha value is -2.88. The molecule has 0 aliphatic carbocycles. The van der Waals surface area contributed by atoms with Crippen LogP contribution in [0.25, 0.3) is 0 Å². The molecule has 9 heteroatoms. The van der Waals surface area contributed by atoms with Crippen molar-refractivity contribution in [2.75, 3.05) is 33.9 Å². The lowest BCUT2D eigenvalue weighted by molar-refractivity contribution is 0.0773. The average molecular weight is 475 g/mol. The molecule has 0 unspecified atom stereocenters. The second-order valence-electron chi connectivity index (χ2n) is 7.00. The molecule has 0 spiro atoms. The van der Waals surface area contributed by atoms with Crippen LogP contribution >= 0.6 is 11.3 Å². The highest BCUT2D eigenvalue weighted by Crippen LogP contribution is 2.17. The third-order valence-electron chi connectivity index (χ3n) is 4.76. The molecule has 0 saturated heterocycles. The standard InChI is InChI=1S/C23H26N2O5S2/c1-25(15-16-30-20-9-7-19(29-2)8-10-20)23(26)18-5-11-22(12-6-18)32(27,28)24-14-13-21-4-3-17-31-21/h3-12,17,24H,13-16H2,1-2H3. The zero-order valence-electron chi connectivity index (χ0n) is 18.0. The molecule has 0 radical (unpaired) electrons. The van der Waals surface area contributed by atoms with Gasteiger partial charge in [-0.1, -0.05) is 6.07 Å². The highest BCUT2D eigenvalue weighted by molar-refractivity contribution is 7.89. The first-order chi connectivity index (χ1) is 15.4. The minimum Gasteiger partial charge on any atom is -0.497 e. The summed E-state index contributed by atoms with van der Waals surface area (Å²) in [5.41, 5.74) is 0.412. The maximum atomic E-state index is 12.6. The Morgan fingerprint density at radius 3 is 2.34 bits per heavy atom. The molecule has 1 aromatic heterocycles. The van der Waals surface area contributed by atoms with Gasteiger partial charge in [0.05, 0.1) is 18.6 Å². The van der Waals surface area contributed by atoms with Gasteiger partial charge in [0.1, 0.15) is 18.1 Å². The van der Waals surface area contributed by atoms with Gasteiger partial charge in [-0.05, 0) is 66.4 Å². The van der Waals surface area contributed by atoms with Crippen LogP contribution in [-0.4, -0.2) is 53.1 Å². The van der Waals surface area contributed by atoms with Gasteiger partial charge < -0.3 is 14.4 Å². The molecule has 1 amide bonds. The largest absolute Gasteiger partial charge is 0.497 e. The number of rotatable bonds is 11. The summed E-state index contributed by atoms with van der Waals surface area (Å²) in [6, 6.07) is 17.1. The normalized spacial score (nSPS) is 11.2. The molecule has 0 bridgehead atoms. The molecule has 3 rings (SSSR count). The number of carbonyl (C=O) groups is 1. The Morgan fingerprint density at radius 1 is 1.03 bits per heavy atom. The van der Waals surface area contributed by atoms with Crippen molar-refractivity contribution in [3.05, 3.63) is 76.5 Å². The summed E-state index contributed by atoms with van der Waals surface area (Å²) < 4.78 is 38.3. The van der Waals surface area contributed by atoms with Gasteiger partial charge in [-0.3, -0.25) is 4.79 Å². The van der Waals surface area contributed by atoms with E-state index in [1.54, 1.807) is 49.8 Å². The molecule has 0 fully saturated rings. The van der Waals surface area contributed by atoms with Crippen molar-refractivity contribution in [3.63, 3.8) is 0 Å². The third-order valence-corrected chi connectivity index (χ3v) is 7.17. The number of methoxy groups -OCH3 is 1. The van der Waals surface area contributed by atoms with Crippen LogP contribution in [0.3, 0.4) is 0 Å². The Labute approximate surface area is 192 Å². The first-order valence-electron chi connectivity index (χ1n) is 10.0. The van der Waals surface area contributed by atoms with Crippen molar-refractivity contribution >= 4 is 27.3 Å². The predicted octanol–water partition coefficient (Wildman–Crippen LogP) is 3.43. The van der Waals surface area contributed by atoms with Crippen molar-refractivity contribution in [1.29, 1.82) is 0 Å². The van der Waals surface area contributed by atoms with Crippen molar-refractivity contribution < 1.29 is 22.7 Å². The quantitative estimate of drug-likeness (QED) is 0.460. The van der Waals surface area contributed by atoms with E-state index in [1.807, 2.05) is 17.5 Å². The zero-order valence-corrected chi connectivity index (χ0v) is 19.6. The monoisotopic (exact) mass is 474 g/mol. The summed E-state index contributed by atoms with van der Waals surface area (Å²) in [5.74, 6) is 1.22. The SMILES string of the molecule is COc1ccc(OCCN(C)C(=O)c2ccc(S(=O)(=O)NCCc3cccs3)cc2)cc1. The Bertz CT molecular complexity index is 1100. The van der Waals surface area contributed by atoms with E-state index < -0.39 is 10.0 Å². The van der Waals surface area contributed by atoms with Crippen molar-refractivity contribution in [2.24, 2.45) is 0 Å². The number of nitrogens with one attached hydrogen (secondary N) is 1. The van der Waals surface area contributed by atoms with Gasteiger partial charge in [-0.15, -0.1) is 11.3 Å². The predicted molar refractivity (Wildman–Crippen MR) is 125 cm³/mol. The Morgan fingerprint density at radius 2 is 1.72 bits per heavy atom. The maximum Gasteiger partial charge on any atom is 0.253 e. The zero-order chi connectivity index (χ0) is 23.0. The molecule has 7 nitrogen and oxygen atoms in total. The number of amides is 1. The number of hydrogen-bond acceptors (Lipinski definition) is 6. The number of carbonyl (C=O) groups excluding carboxylic acids is 1. The molecule has 1 N–H and O–H groups in total. The Balaban J connectivity index is 1.49. The molecule has 1 heterocycles. The van der Waals surface area contributed by atoms with Gasteiger partial charge in [0.25, 0.3) is 5.91 Å². The summed E-state index contributed by atoms with van der Waals surface area (Å²) in [6.07, 6.45) is 0.636. The summed E-state index contributed by atoms with van der Waals surface area (Å²) in [4.78, 5) is 15.4. The van der Waals surface area contributed by atoms with Crippen LogP contribution in [0, 0.1) is 0 Å². The lowest BCUT2D eigenvalue weighted by Gasteiger charge is -2.18. The summed E-state index contributed by atoms with van der Waals surface area (Å²) in [7, 11) is -0.350. The van der Waals surface area contributed by atoms with E-state index in [9.17, 15) is 13.2 Å². The number of hydrogen-bond donors (Lipinski definition) is 1. The molecule has 0 atom stereocenters. The van der Waals surface area contributed by atoms with E-state index in [-0.39, 0.29) is 10.8 Å². The van der Waals surface area contributed by atoms with Gasteiger partial charge in [-0.2, -0.15) is 0 Å². The van der Waals surface area contributed by atoms with Crippen molar-refractivity contribution in [2.45, 2.75) is 11.3 Å². The summed E-state index contributed by atoms with van der Waals surface area (Å²) in [5, 5.41) is 1.96. The van der Waals surface area contributed by atoms with E-state index in [4.69, 9.17) is 9.47 Å². The molecular weight excluding hydrogens is 448 g/mol. The first-order valence-corrected chi connectivity index (χ1v) is 12.4. The fraction of sp³-hybridized carbons (Fsp3) is 0.261. The van der Waals surface area contributed by atoms with Gasteiger partial charge in [0.2, 0.25) is 10.0 Å². The highest BCUT2D eigenvalue weighted by Gasteiger charge is 2.16. The van der Waals surface area contributed by atoms with E-state index >= 15 is 0 Å². The molecule has 32 heavy (non-hydrogen) atoms. The van der Waals surface area contributed by atoms with Crippen molar-refractivity contribution in [3.8, 4) is 11.5 Å². The fourth-order valence-electron chi connectivity index (χ4n) is 2.92. The second-order valence-corrected chi connectivity index (χ2v) is 9.80. The first kappa shape index (κ1) is 23.8. The number of nitrogens with zero attached hydrogens (tertiary/aromatic N) is 1. The van der Waals surface area contributed by atoms with Gasteiger partial charge in [-0.25, -0.2) is 13.1 Å². The molecule has 0 saturated carbocycles. The molecule has 0 aliphatic rings. The highest BCUT2D eigenvalue weighted by atomic mass is 32.2. The topological polar surface area (TPSA) is 84.9 Å². The van der Waals surface area contributed by atoms with Crippen LogP contribution in [0.4, 0.5) is 0 Å². The summed E-state index contributed by atoms with van der Waals surface area (Å²) in [6.45, 7) is 1.03. The van der Waals surface area contributed by atoms with Crippen LogP contribution in [-0.2, 0) is 16.4 Å². The Kier molecular flexibility index (Phi) is 8.26. The number of thiophene rings is 1. The minimum absolute atomic E-state index is 0.130. The van der Waals surface area contributed by atoms with Crippen LogP contribution in [0.1, 0.15) is 15.2 Å². The van der Waals surface area contributed by atoms with E-state index in [0.717, 1.165) is 10.6 Å². The van der Waals surface area contributed by atoms with Crippen molar-refractivity contribution in [1.82, 2.24) is 9.62 Å². The van der Waals surface area contributed by atoms with Crippen LogP contribution in [0.15, 0.2) is 70.9 Å². The molecule has 0 aliphatic heterocycles. The molecular formula is C23H26N2O5S2.